The van der Waals surface area contributed by atoms with E-state index in [1.54, 1.807) is 0 Å². The van der Waals surface area contributed by atoms with Gasteiger partial charge in [-0.25, -0.2) is 0 Å². The first-order valence-electron chi connectivity index (χ1n) is 6.68. The minimum Gasteiger partial charge on any atom is -0.367 e. The first-order valence-corrected chi connectivity index (χ1v) is 6.68. The second-order valence-corrected chi connectivity index (χ2v) is 5.63. The number of nitrogens with zero attached hydrogens (tertiary/aromatic N) is 3. The van der Waals surface area contributed by atoms with Gasteiger partial charge in [0.25, 0.3) is 0 Å². The molecule has 1 saturated carbocycles. The number of aromatic nitrogens is 1. The number of aryl methyl sites for hydroxylation is 2. The Hall–Kier alpha value is -1.56. The van der Waals surface area contributed by atoms with E-state index in [-0.39, 0.29) is 0 Å². The second-order valence-electron chi connectivity index (χ2n) is 5.63. The molecule has 0 saturated heterocycles. The van der Waals surface area contributed by atoms with E-state index in [4.69, 9.17) is 0 Å². The van der Waals surface area contributed by atoms with Gasteiger partial charge < -0.3 is 4.90 Å². The van der Waals surface area contributed by atoms with Gasteiger partial charge in [0.05, 0.1) is 16.9 Å². The van der Waals surface area contributed by atoms with Crippen LogP contribution < -0.4 is 4.90 Å². The summed E-state index contributed by atoms with van der Waals surface area (Å²) in [5.74, 6) is 0.603. The summed E-state index contributed by atoms with van der Waals surface area (Å²) in [6.07, 6.45) is 2.50. The number of rotatable bonds is 4. The molecule has 0 aliphatic heterocycles. The SMILES string of the molecule is Cc1cc(N(CC(C)C)C2CC2)c(C#N)c(C)n1. The smallest absolute Gasteiger partial charge is 0.103 e. The van der Waals surface area contributed by atoms with Gasteiger partial charge in [-0.2, -0.15) is 5.26 Å². The van der Waals surface area contributed by atoms with Crippen LogP contribution in [-0.4, -0.2) is 17.6 Å². The molecule has 0 radical (unpaired) electrons. The fourth-order valence-electron chi connectivity index (χ4n) is 2.40. The van der Waals surface area contributed by atoms with E-state index in [0.717, 1.165) is 29.2 Å². The van der Waals surface area contributed by atoms with Crippen molar-refractivity contribution in [3.05, 3.63) is 23.0 Å². The minimum atomic E-state index is 0.603. The van der Waals surface area contributed by atoms with Crippen molar-refractivity contribution in [1.29, 1.82) is 5.26 Å². The predicted octanol–water partition coefficient (Wildman–Crippen LogP) is 3.19. The van der Waals surface area contributed by atoms with Gasteiger partial charge in [-0.05, 0) is 38.7 Å². The van der Waals surface area contributed by atoms with Crippen LogP contribution in [0.4, 0.5) is 5.69 Å². The van der Waals surface area contributed by atoms with Crippen LogP contribution in [0.3, 0.4) is 0 Å². The fraction of sp³-hybridized carbons (Fsp3) is 0.600. The lowest BCUT2D eigenvalue weighted by Gasteiger charge is -2.28. The Morgan fingerprint density at radius 2 is 2.11 bits per heavy atom. The van der Waals surface area contributed by atoms with Crippen LogP contribution in [0, 0.1) is 31.1 Å². The van der Waals surface area contributed by atoms with Crippen molar-refractivity contribution in [2.45, 2.75) is 46.6 Å². The maximum absolute atomic E-state index is 9.36. The molecule has 0 aromatic carbocycles. The van der Waals surface area contributed by atoms with Crippen molar-refractivity contribution in [2.75, 3.05) is 11.4 Å². The van der Waals surface area contributed by atoms with Crippen molar-refractivity contribution in [2.24, 2.45) is 5.92 Å². The third-order valence-electron chi connectivity index (χ3n) is 3.28. The Labute approximate surface area is 109 Å². The summed E-state index contributed by atoms with van der Waals surface area (Å²) < 4.78 is 0. The fourth-order valence-corrected chi connectivity index (χ4v) is 2.40. The van der Waals surface area contributed by atoms with Gasteiger partial charge in [0, 0.05) is 18.3 Å². The number of hydrogen-bond acceptors (Lipinski definition) is 3. The van der Waals surface area contributed by atoms with Crippen LogP contribution in [0.1, 0.15) is 43.6 Å². The zero-order valence-electron chi connectivity index (χ0n) is 11.7. The number of pyridine rings is 1. The number of nitriles is 1. The van der Waals surface area contributed by atoms with Crippen molar-refractivity contribution >= 4 is 5.69 Å². The molecule has 1 aromatic rings. The molecule has 96 valence electrons. The van der Waals surface area contributed by atoms with Gasteiger partial charge >= 0.3 is 0 Å². The summed E-state index contributed by atoms with van der Waals surface area (Å²) in [7, 11) is 0. The maximum Gasteiger partial charge on any atom is 0.103 e. The Kier molecular flexibility index (Phi) is 3.56. The monoisotopic (exact) mass is 243 g/mol. The van der Waals surface area contributed by atoms with E-state index in [0.29, 0.717) is 12.0 Å². The van der Waals surface area contributed by atoms with E-state index in [9.17, 15) is 5.26 Å². The Bertz CT molecular complexity index is 481. The zero-order valence-corrected chi connectivity index (χ0v) is 11.7. The van der Waals surface area contributed by atoms with Crippen molar-refractivity contribution < 1.29 is 0 Å². The second kappa shape index (κ2) is 4.97. The Balaban J connectivity index is 2.43. The summed E-state index contributed by atoms with van der Waals surface area (Å²) in [6, 6.07) is 5.01. The normalized spacial score (nSPS) is 14.7. The van der Waals surface area contributed by atoms with Crippen molar-refractivity contribution in [3.8, 4) is 6.07 Å². The van der Waals surface area contributed by atoms with Crippen LogP contribution in [0.15, 0.2) is 6.07 Å². The van der Waals surface area contributed by atoms with Crippen LogP contribution in [-0.2, 0) is 0 Å². The lowest BCUT2D eigenvalue weighted by Crippen LogP contribution is -2.30. The molecule has 3 nitrogen and oxygen atoms in total. The van der Waals surface area contributed by atoms with Crippen LogP contribution in [0.2, 0.25) is 0 Å². The summed E-state index contributed by atoms with van der Waals surface area (Å²) in [5, 5.41) is 9.36. The molecule has 1 heterocycles. The van der Waals surface area contributed by atoms with Gasteiger partial charge in [-0.15, -0.1) is 0 Å². The molecule has 3 heteroatoms. The molecule has 1 aliphatic carbocycles. The quantitative estimate of drug-likeness (QED) is 0.815. The molecule has 1 aromatic heterocycles. The molecular formula is C15H21N3. The minimum absolute atomic E-state index is 0.603. The third-order valence-corrected chi connectivity index (χ3v) is 3.28. The lowest BCUT2D eigenvalue weighted by atomic mass is 10.1. The first kappa shape index (κ1) is 12.9. The topological polar surface area (TPSA) is 39.9 Å². The van der Waals surface area contributed by atoms with Crippen molar-refractivity contribution in [1.82, 2.24) is 4.98 Å². The van der Waals surface area contributed by atoms with E-state index < -0.39 is 0 Å². The van der Waals surface area contributed by atoms with E-state index >= 15 is 0 Å². The molecule has 18 heavy (non-hydrogen) atoms. The van der Waals surface area contributed by atoms with Crippen molar-refractivity contribution in [3.63, 3.8) is 0 Å². The van der Waals surface area contributed by atoms with Crippen LogP contribution in [0.25, 0.3) is 0 Å². The molecular weight excluding hydrogens is 222 g/mol. The highest BCUT2D eigenvalue weighted by Crippen LogP contribution is 2.35. The third kappa shape index (κ3) is 2.64. The van der Waals surface area contributed by atoms with Crippen LogP contribution >= 0.6 is 0 Å². The molecule has 0 amide bonds. The molecule has 1 fully saturated rings. The number of hydrogen-bond donors (Lipinski definition) is 0. The highest BCUT2D eigenvalue weighted by molar-refractivity contribution is 5.62. The molecule has 1 aliphatic rings. The van der Waals surface area contributed by atoms with E-state index in [1.165, 1.54) is 12.8 Å². The first-order chi connectivity index (χ1) is 8.52. The molecule has 0 spiro atoms. The van der Waals surface area contributed by atoms with Gasteiger partial charge in [-0.3, -0.25) is 4.98 Å². The van der Waals surface area contributed by atoms with Gasteiger partial charge in [0.1, 0.15) is 6.07 Å². The number of anilines is 1. The Morgan fingerprint density at radius 1 is 1.44 bits per heavy atom. The molecule has 0 unspecified atom stereocenters. The summed E-state index contributed by atoms with van der Waals surface area (Å²) in [5.41, 5.74) is 3.67. The molecule has 0 bridgehead atoms. The van der Waals surface area contributed by atoms with E-state index in [1.807, 2.05) is 13.8 Å². The van der Waals surface area contributed by atoms with Crippen LogP contribution in [0.5, 0.6) is 0 Å². The largest absolute Gasteiger partial charge is 0.367 e. The summed E-state index contributed by atoms with van der Waals surface area (Å²) in [6.45, 7) is 9.39. The maximum atomic E-state index is 9.36. The average Bonchev–Trinajstić information content (AvgIpc) is 3.08. The summed E-state index contributed by atoms with van der Waals surface area (Å²) >= 11 is 0. The summed E-state index contributed by atoms with van der Waals surface area (Å²) in [4.78, 5) is 6.80. The van der Waals surface area contributed by atoms with E-state index in [2.05, 4.69) is 35.9 Å². The van der Waals surface area contributed by atoms with Gasteiger partial charge in [-0.1, -0.05) is 13.8 Å². The molecule has 0 atom stereocenters. The van der Waals surface area contributed by atoms with Gasteiger partial charge in [0.15, 0.2) is 0 Å². The highest BCUT2D eigenvalue weighted by Gasteiger charge is 2.31. The zero-order chi connectivity index (χ0) is 13.3. The molecule has 2 rings (SSSR count). The van der Waals surface area contributed by atoms with Gasteiger partial charge in [0.2, 0.25) is 0 Å². The Morgan fingerprint density at radius 3 is 2.61 bits per heavy atom. The average molecular weight is 243 g/mol. The molecule has 0 N–H and O–H groups in total. The standard InChI is InChI=1S/C15H21N3/c1-10(2)9-18(13-5-6-13)15-7-11(3)17-12(4)14(15)8-16/h7,10,13H,5-6,9H2,1-4H3. The lowest BCUT2D eigenvalue weighted by molar-refractivity contribution is 0.606. The highest BCUT2D eigenvalue weighted by atomic mass is 15.2. The predicted molar refractivity (Wildman–Crippen MR) is 73.6 cm³/mol.